The molecule has 122 valence electrons. The second kappa shape index (κ2) is 6.33. The molecule has 0 fully saturated rings. The smallest absolute Gasteiger partial charge is 0.213 e. The number of hydrogen-bond donors (Lipinski definition) is 3. The molecule has 0 atom stereocenters. The van der Waals surface area contributed by atoms with Gasteiger partial charge in [0.05, 0.1) is 24.7 Å². The molecule has 0 radical (unpaired) electrons. The summed E-state index contributed by atoms with van der Waals surface area (Å²) in [6.45, 7) is 1.70. The maximum atomic E-state index is 8.20. The highest BCUT2D eigenvalue weighted by atomic mass is 35.5. The number of hydrogen-bond acceptors (Lipinski definition) is 5. The average Bonchev–Trinajstić information content (AvgIpc) is 2.71. The molecule has 24 heavy (non-hydrogen) atoms. The summed E-state index contributed by atoms with van der Waals surface area (Å²) in [5.74, 6) is 0.545. The fraction of sp³-hybridized carbons (Fsp3) is 0.118. The first-order valence-electron chi connectivity index (χ1n) is 7.21. The molecule has 0 saturated carbocycles. The molecule has 0 amide bonds. The SMILES string of the molecule is COc1cc2c(cn1)NC(=N)/C(=C(/C)N)N=C2c1ccccc1Cl. The molecule has 1 aliphatic heterocycles. The molecular formula is C17H16ClN5O. The summed E-state index contributed by atoms with van der Waals surface area (Å²) in [5, 5.41) is 11.8. The number of fused-ring (bicyclic) bond motifs is 1. The quantitative estimate of drug-likeness (QED) is 0.781. The predicted octanol–water partition coefficient (Wildman–Crippen LogP) is 3.17. The molecule has 2 aromatic rings. The summed E-state index contributed by atoms with van der Waals surface area (Å²) >= 11 is 6.37. The standard InChI is InChI=1S/C17H16ClN5O/c1-9(19)15-17(20)22-13-8-21-14(24-2)7-11(13)16(23-15)10-5-3-4-6-12(10)18/h3-8H,19H2,1-2H3,(H2,20,22)/b15-9+. The van der Waals surface area contributed by atoms with Crippen LogP contribution in [0, 0.1) is 5.41 Å². The Morgan fingerprint density at radius 3 is 2.71 bits per heavy atom. The lowest BCUT2D eigenvalue weighted by molar-refractivity contribution is 0.398. The van der Waals surface area contributed by atoms with Crippen molar-refractivity contribution >= 4 is 28.8 Å². The molecule has 0 bridgehead atoms. The second-order valence-electron chi connectivity index (χ2n) is 5.24. The third kappa shape index (κ3) is 2.83. The van der Waals surface area contributed by atoms with Gasteiger partial charge in [0.25, 0.3) is 0 Å². The van der Waals surface area contributed by atoms with Crippen LogP contribution >= 0.6 is 11.6 Å². The summed E-state index contributed by atoms with van der Waals surface area (Å²) < 4.78 is 5.22. The Labute approximate surface area is 144 Å². The molecule has 0 spiro atoms. The summed E-state index contributed by atoms with van der Waals surface area (Å²) in [7, 11) is 1.54. The van der Waals surface area contributed by atoms with Gasteiger partial charge in [-0.2, -0.15) is 0 Å². The molecule has 0 saturated heterocycles. The van der Waals surface area contributed by atoms with Gasteiger partial charge in [-0.05, 0) is 13.0 Å². The van der Waals surface area contributed by atoms with Gasteiger partial charge in [0, 0.05) is 27.9 Å². The zero-order valence-corrected chi connectivity index (χ0v) is 14.0. The van der Waals surface area contributed by atoms with Gasteiger partial charge in [-0.25, -0.2) is 9.98 Å². The molecule has 7 heteroatoms. The van der Waals surface area contributed by atoms with E-state index in [0.29, 0.717) is 33.7 Å². The van der Waals surface area contributed by atoms with Gasteiger partial charge in [-0.3, -0.25) is 5.41 Å². The Balaban J connectivity index is 2.33. The normalized spacial score (nSPS) is 15.8. The van der Waals surface area contributed by atoms with Gasteiger partial charge < -0.3 is 15.8 Å². The maximum absolute atomic E-state index is 8.20. The lowest BCUT2D eigenvalue weighted by Crippen LogP contribution is -2.15. The monoisotopic (exact) mass is 341 g/mol. The molecule has 3 rings (SSSR count). The van der Waals surface area contributed by atoms with E-state index < -0.39 is 0 Å². The van der Waals surface area contributed by atoms with Crippen molar-refractivity contribution in [1.82, 2.24) is 4.98 Å². The first-order valence-corrected chi connectivity index (χ1v) is 7.59. The number of aromatic nitrogens is 1. The molecule has 6 nitrogen and oxygen atoms in total. The van der Waals surface area contributed by atoms with Crippen LogP contribution in [0.4, 0.5) is 5.69 Å². The van der Waals surface area contributed by atoms with E-state index in [4.69, 9.17) is 27.5 Å². The van der Waals surface area contributed by atoms with E-state index in [2.05, 4.69) is 15.3 Å². The van der Waals surface area contributed by atoms with Crippen LogP contribution in [0.2, 0.25) is 5.02 Å². The number of halogens is 1. The molecule has 1 aromatic heterocycles. The highest BCUT2D eigenvalue weighted by molar-refractivity contribution is 6.36. The Morgan fingerprint density at radius 1 is 1.29 bits per heavy atom. The van der Waals surface area contributed by atoms with E-state index in [-0.39, 0.29) is 5.84 Å². The van der Waals surface area contributed by atoms with Crippen LogP contribution in [0.1, 0.15) is 18.1 Å². The van der Waals surface area contributed by atoms with Crippen molar-refractivity contribution in [3.8, 4) is 5.88 Å². The van der Waals surface area contributed by atoms with Gasteiger partial charge >= 0.3 is 0 Å². The summed E-state index contributed by atoms with van der Waals surface area (Å²) in [4.78, 5) is 8.81. The minimum Gasteiger partial charge on any atom is -0.481 e. The van der Waals surface area contributed by atoms with Crippen molar-refractivity contribution in [3.05, 3.63) is 64.1 Å². The van der Waals surface area contributed by atoms with Crippen LogP contribution < -0.4 is 15.8 Å². The predicted molar refractivity (Wildman–Crippen MR) is 96.1 cm³/mol. The number of pyridine rings is 1. The zero-order chi connectivity index (χ0) is 17.3. The Morgan fingerprint density at radius 2 is 2.04 bits per heavy atom. The molecule has 0 unspecified atom stereocenters. The molecule has 1 aliphatic rings. The van der Waals surface area contributed by atoms with Crippen LogP contribution in [-0.2, 0) is 0 Å². The van der Waals surface area contributed by atoms with E-state index in [1.165, 1.54) is 0 Å². The van der Waals surface area contributed by atoms with Gasteiger partial charge in [-0.15, -0.1) is 0 Å². The van der Waals surface area contributed by atoms with Crippen molar-refractivity contribution < 1.29 is 4.74 Å². The number of aliphatic imine (C=N–C) groups is 1. The number of ether oxygens (including phenoxy) is 1. The number of nitrogens with two attached hydrogens (primary N) is 1. The molecule has 0 aliphatic carbocycles. The number of methoxy groups -OCH3 is 1. The maximum Gasteiger partial charge on any atom is 0.213 e. The fourth-order valence-corrected chi connectivity index (χ4v) is 2.63. The summed E-state index contributed by atoms with van der Waals surface area (Å²) in [6, 6.07) is 9.15. The molecule has 1 aromatic carbocycles. The number of amidine groups is 1. The van der Waals surface area contributed by atoms with Crippen LogP contribution in [0.15, 0.2) is 52.9 Å². The number of allylic oxidation sites excluding steroid dienone is 1. The van der Waals surface area contributed by atoms with E-state index in [1.54, 1.807) is 32.4 Å². The number of benzene rings is 1. The van der Waals surface area contributed by atoms with Crippen molar-refractivity contribution in [2.75, 3.05) is 12.4 Å². The van der Waals surface area contributed by atoms with Crippen molar-refractivity contribution in [1.29, 1.82) is 5.41 Å². The number of nitrogens with zero attached hydrogens (tertiary/aromatic N) is 2. The Hall–Kier alpha value is -2.86. The van der Waals surface area contributed by atoms with Crippen LogP contribution in [-0.4, -0.2) is 23.6 Å². The fourth-order valence-electron chi connectivity index (χ4n) is 2.41. The second-order valence-corrected chi connectivity index (χ2v) is 5.65. The molecular weight excluding hydrogens is 326 g/mol. The lowest BCUT2D eigenvalue weighted by Gasteiger charge is -2.12. The highest BCUT2D eigenvalue weighted by Gasteiger charge is 2.23. The Bertz CT molecular complexity index is 884. The topological polar surface area (TPSA) is 96.4 Å². The minimum absolute atomic E-state index is 0.102. The van der Waals surface area contributed by atoms with Gasteiger partial charge in [0.2, 0.25) is 5.88 Å². The van der Waals surface area contributed by atoms with E-state index >= 15 is 0 Å². The molecule has 4 N–H and O–H groups in total. The number of anilines is 1. The lowest BCUT2D eigenvalue weighted by atomic mass is 10.0. The first kappa shape index (κ1) is 16.0. The largest absolute Gasteiger partial charge is 0.481 e. The zero-order valence-electron chi connectivity index (χ0n) is 13.2. The Kier molecular flexibility index (Phi) is 4.22. The average molecular weight is 342 g/mol. The van der Waals surface area contributed by atoms with Crippen LogP contribution in [0.25, 0.3) is 0 Å². The van der Waals surface area contributed by atoms with Gasteiger partial charge in [-0.1, -0.05) is 29.8 Å². The number of nitrogens with one attached hydrogen (secondary N) is 2. The molecule has 2 heterocycles. The third-order valence-electron chi connectivity index (χ3n) is 3.57. The first-order chi connectivity index (χ1) is 11.5. The summed E-state index contributed by atoms with van der Waals surface area (Å²) in [6.07, 6.45) is 1.60. The summed E-state index contributed by atoms with van der Waals surface area (Å²) in [5.41, 5.74) is 9.42. The van der Waals surface area contributed by atoms with Crippen LogP contribution in [0.3, 0.4) is 0 Å². The van der Waals surface area contributed by atoms with Crippen molar-refractivity contribution in [2.24, 2.45) is 10.7 Å². The van der Waals surface area contributed by atoms with Crippen LogP contribution in [0.5, 0.6) is 5.88 Å². The van der Waals surface area contributed by atoms with Gasteiger partial charge in [0.1, 0.15) is 5.70 Å². The van der Waals surface area contributed by atoms with E-state index in [0.717, 1.165) is 11.1 Å². The van der Waals surface area contributed by atoms with E-state index in [9.17, 15) is 0 Å². The third-order valence-corrected chi connectivity index (χ3v) is 3.90. The van der Waals surface area contributed by atoms with Crippen molar-refractivity contribution in [2.45, 2.75) is 6.92 Å². The van der Waals surface area contributed by atoms with Crippen molar-refractivity contribution in [3.63, 3.8) is 0 Å². The minimum atomic E-state index is 0.102. The number of rotatable bonds is 2. The van der Waals surface area contributed by atoms with Gasteiger partial charge in [0.15, 0.2) is 5.84 Å². The highest BCUT2D eigenvalue weighted by Crippen LogP contribution is 2.30. The van der Waals surface area contributed by atoms with E-state index in [1.807, 2.05) is 18.2 Å².